The number of anilines is 2. The summed E-state index contributed by atoms with van der Waals surface area (Å²) < 4.78 is 0. The smallest absolute Gasteiger partial charge is 0.239 e. The minimum Gasteiger partial charge on any atom is -0.383 e. The third-order valence-corrected chi connectivity index (χ3v) is 1.47. The van der Waals surface area contributed by atoms with Crippen molar-refractivity contribution in [3.05, 3.63) is 6.20 Å². The molecule has 0 saturated carbocycles. The first-order chi connectivity index (χ1) is 5.81. The molecule has 0 bridgehead atoms. The number of nitrogen functional groups attached to an aromatic ring is 2. The zero-order chi connectivity index (χ0) is 8.55. The van der Waals surface area contributed by atoms with Crippen molar-refractivity contribution < 1.29 is 0 Å². The minimum absolute atomic E-state index is 0.314. The number of fused-ring (bicyclic) bond motifs is 1. The summed E-state index contributed by atoms with van der Waals surface area (Å²) in [6.45, 7) is 0. The number of aromatic nitrogens is 4. The van der Waals surface area contributed by atoms with Crippen LogP contribution in [0, 0.1) is 0 Å². The van der Waals surface area contributed by atoms with Crippen LogP contribution in [0.3, 0.4) is 0 Å². The van der Waals surface area contributed by atoms with Crippen LogP contribution >= 0.6 is 0 Å². The van der Waals surface area contributed by atoms with Gasteiger partial charge in [-0.3, -0.25) is 10.5 Å². The molecule has 2 rings (SSSR count). The second kappa shape index (κ2) is 2.31. The summed E-state index contributed by atoms with van der Waals surface area (Å²) in [5.41, 5.74) is 8.33. The van der Waals surface area contributed by atoms with E-state index in [1.165, 1.54) is 0 Å². The summed E-state index contributed by atoms with van der Waals surface area (Å²) in [5, 5.41) is 7.10. The molecule has 2 heterocycles. The number of hydrazine groups is 1. The van der Waals surface area contributed by atoms with Crippen molar-refractivity contribution in [1.29, 1.82) is 0 Å². The van der Waals surface area contributed by atoms with E-state index >= 15 is 0 Å². The number of hydrogen-bond acceptors (Lipinski definition) is 6. The molecule has 62 valence electrons. The largest absolute Gasteiger partial charge is 0.383 e. The molecule has 0 spiro atoms. The van der Waals surface area contributed by atoms with Crippen molar-refractivity contribution in [2.75, 3.05) is 11.2 Å². The Bertz CT molecular complexity index is 405. The van der Waals surface area contributed by atoms with Gasteiger partial charge in [0.25, 0.3) is 0 Å². The number of H-pyrrole nitrogens is 1. The Labute approximate surface area is 67.1 Å². The van der Waals surface area contributed by atoms with Crippen molar-refractivity contribution in [2.45, 2.75) is 0 Å². The maximum atomic E-state index is 5.52. The SMILES string of the molecule is NNc1ncc2c(N)[nH]nc2n1. The summed E-state index contributed by atoms with van der Waals surface area (Å²) in [7, 11) is 0. The molecule has 0 amide bonds. The second-order valence-electron chi connectivity index (χ2n) is 2.21. The number of nitrogens with one attached hydrogen (secondary N) is 2. The Morgan fingerprint density at radius 2 is 2.33 bits per heavy atom. The molecule has 2 aromatic rings. The monoisotopic (exact) mass is 165 g/mol. The Hall–Kier alpha value is -1.89. The van der Waals surface area contributed by atoms with Crippen molar-refractivity contribution in [1.82, 2.24) is 20.2 Å². The lowest BCUT2D eigenvalue weighted by Gasteiger charge is -1.94. The fourth-order valence-corrected chi connectivity index (χ4v) is 0.891. The summed E-state index contributed by atoms with van der Waals surface area (Å²) in [6.07, 6.45) is 1.55. The van der Waals surface area contributed by atoms with Gasteiger partial charge in [0, 0.05) is 6.20 Å². The van der Waals surface area contributed by atoms with Crippen molar-refractivity contribution >= 4 is 22.8 Å². The average molecular weight is 165 g/mol. The molecule has 0 atom stereocenters. The Balaban J connectivity index is 2.69. The minimum atomic E-state index is 0.314. The van der Waals surface area contributed by atoms with E-state index in [9.17, 15) is 0 Å². The van der Waals surface area contributed by atoms with E-state index in [0.717, 1.165) is 0 Å². The van der Waals surface area contributed by atoms with Gasteiger partial charge in [-0.25, -0.2) is 10.8 Å². The van der Waals surface area contributed by atoms with Crippen LogP contribution in [0.4, 0.5) is 11.8 Å². The number of hydrogen-bond donors (Lipinski definition) is 4. The molecule has 0 fully saturated rings. The lowest BCUT2D eigenvalue weighted by molar-refractivity contribution is 1.08. The van der Waals surface area contributed by atoms with Gasteiger partial charge in [0.15, 0.2) is 5.65 Å². The van der Waals surface area contributed by atoms with Gasteiger partial charge >= 0.3 is 0 Å². The number of nitrogens with zero attached hydrogens (tertiary/aromatic N) is 3. The van der Waals surface area contributed by atoms with Crippen molar-refractivity contribution in [2.24, 2.45) is 5.84 Å². The van der Waals surface area contributed by atoms with Gasteiger partial charge in [-0.2, -0.15) is 10.1 Å². The van der Waals surface area contributed by atoms with E-state index < -0.39 is 0 Å². The zero-order valence-electron chi connectivity index (χ0n) is 6.07. The molecule has 2 aromatic heterocycles. The van der Waals surface area contributed by atoms with Crippen LogP contribution in [0.1, 0.15) is 0 Å². The van der Waals surface area contributed by atoms with E-state index in [4.69, 9.17) is 11.6 Å². The standard InChI is InChI=1S/C5H7N7/c6-3-2-1-8-5(10-7)9-4(2)12-11-3/h1H,7H2,(H4,6,8,9,10,11,12). The molecule has 0 aliphatic rings. The fraction of sp³-hybridized carbons (Fsp3) is 0. The molecule has 0 aliphatic heterocycles. The maximum Gasteiger partial charge on any atom is 0.239 e. The lowest BCUT2D eigenvalue weighted by atomic mass is 10.4. The number of rotatable bonds is 1. The Morgan fingerprint density at radius 3 is 3.08 bits per heavy atom. The van der Waals surface area contributed by atoms with Crippen molar-refractivity contribution in [3.8, 4) is 0 Å². The van der Waals surface area contributed by atoms with Gasteiger partial charge in [-0.1, -0.05) is 0 Å². The highest BCUT2D eigenvalue weighted by Gasteiger charge is 2.03. The van der Waals surface area contributed by atoms with Crippen LogP contribution in [0.25, 0.3) is 11.0 Å². The van der Waals surface area contributed by atoms with E-state index in [2.05, 4.69) is 25.6 Å². The first kappa shape index (κ1) is 6.80. The average Bonchev–Trinajstić information content (AvgIpc) is 2.47. The van der Waals surface area contributed by atoms with Gasteiger partial charge in [-0.15, -0.1) is 0 Å². The highest BCUT2D eigenvalue weighted by atomic mass is 15.3. The molecule has 7 nitrogen and oxygen atoms in total. The third kappa shape index (κ3) is 0.839. The molecule has 0 saturated heterocycles. The van der Waals surface area contributed by atoms with Gasteiger partial charge in [-0.05, 0) is 0 Å². The molecule has 0 radical (unpaired) electrons. The Kier molecular flexibility index (Phi) is 1.31. The highest BCUT2D eigenvalue weighted by molar-refractivity contribution is 5.85. The summed E-state index contributed by atoms with van der Waals surface area (Å²) in [5.74, 6) is 5.87. The molecule has 7 heteroatoms. The quantitative estimate of drug-likeness (QED) is 0.325. The van der Waals surface area contributed by atoms with Gasteiger partial charge in [0.05, 0.1) is 5.39 Å². The zero-order valence-corrected chi connectivity index (χ0v) is 6.07. The number of aromatic amines is 1. The second-order valence-corrected chi connectivity index (χ2v) is 2.21. The summed E-state index contributed by atoms with van der Waals surface area (Å²) in [4.78, 5) is 7.82. The molecular formula is C5H7N7. The first-order valence-electron chi connectivity index (χ1n) is 3.24. The molecule has 0 aromatic carbocycles. The Morgan fingerprint density at radius 1 is 1.50 bits per heavy atom. The van der Waals surface area contributed by atoms with Crippen molar-refractivity contribution in [3.63, 3.8) is 0 Å². The fourth-order valence-electron chi connectivity index (χ4n) is 0.891. The van der Waals surface area contributed by atoms with Crippen LogP contribution in [-0.4, -0.2) is 20.2 Å². The van der Waals surface area contributed by atoms with E-state index in [-0.39, 0.29) is 0 Å². The van der Waals surface area contributed by atoms with E-state index in [0.29, 0.717) is 22.8 Å². The number of nitrogens with two attached hydrogens (primary N) is 2. The highest BCUT2D eigenvalue weighted by Crippen LogP contribution is 2.14. The van der Waals surface area contributed by atoms with Gasteiger partial charge < -0.3 is 5.73 Å². The third-order valence-electron chi connectivity index (χ3n) is 1.47. The van der Waals surface area contributed by atoms with E-state index in [1.807, 2.05) is 0 Å². The topological polar surface area (TPSA) is 119 Å². The van der Waals surface area contributed by atoms with E-state index in [1.54, 1.807) is 6.20 Å². The van der Waals surface area contributed by atoms with Gasteiger partial charge in [0.1, 0.15) is 5.82 Å². The van der Waals surface area contributed by atoms with Gasteiger partial charge in [0.2, 0.25) is 5.95 Å². The van der Waals surface area contributed by atoms with Crippen LogP contribution in [-0.2, 0) is 0 Å². The molecule has 12 heavy (non-hydrogen) atoms. The summed E-state index contributed by atoms with van der Waals surface area (Å²) >= 11 is 0. The maximum absolute atomic E-state index is 5.52. The summed E-state index contributed by atoms with van der Waals surface area (Å²) in [6, 6.07) is 0. The molecule has 6 N–H and O–H groups in total. The lowest BCUT2D eigenvalue weighted by Crippen LogP contribution is -2.10. The van der Waals surface area contributed by atoms with Crippen LogP contribution in [0.5, 0.6) is 0 Å². The van der Waals surface area contributed by atoms with Crippen LogP contribution < -0.4 is 17.0 Å². The van der Waals surface area contributed by atoms with Crippen LogP contribution in [0.2, 0.25) is 0 Å². The van der Waals surface area contributed by atoms with Crippen LogP contribution in [0.15, 0.2) is 6.20 Å². The molecular weight excluding hydrogens is 158 g/mol. The first-order valence-corrected chi connectivity index (χ1v) is 3.24. The predicted octanol–water partition coefficient (Wildman–Crippen LogP) is -0.779. The normalized spacial score (nSPS) is 10.4. The molecule has 0 aliphatic carbocycles. The molecule has 0 unspecified atom stereocenters. The predicted molar refractivity (Wildman–Crippen MR) is 43.9 cm³/mol.